The molecular formula is C29H37N7O5S. The molecule has 12 nitrogen and oxygen atoms in total. The van der Waals surface area contributed by atoms with Crippen LogP contribution < -0.4 is 10.6 Å². The molecule has 0 aliphatic carbocycles. The molecule has 42 heavy (non-hydrogen) atoms. The molecule has 1 aromatic heterocycles. The maximum absolute atomic E-state index is 12.8. The number of hydrogen-bond donors (Lipinski definition) is 4. The number of aliphatic hydroxyl groups excluding tert-OH is 2. The zero-order chi connectivity index (χ0) is 30.4. The van der Waals surface area contributed by atoms with Crippen LogP contribution in [0.15, 0.2) is 69.7 Å². The summed E-state index contributed by atoms with van der Waals surface area (Å²) in [5.74, 6) is 0.669. The van der Waals surface area contributed by atoms with Crippen LogP contribution in [0.3, 0.4) is 0 Å². The van der Waals surface area contributed by atoms with E-state index in [1.165, 1.54) is 12.1 Å². The van der Waals surface area contributed by atoms with Crippen LogP contribution in [0.2, 0.25) is 0 Å². The first-order valence-corrected chi connectivity index (χ1v) is 15.2. The van der Waals surface area contributed by atoms with Gasteiger partial charge in [-0.15, -0.1) is 5.11 Å². The van der Waals surface area contributed by atoms with Crippen molar-refractivity contribution in [2.45, 2.75) is 18.7 Å². The second-order valence-electron chi connectivity index (χ2n) is 9.19. The van der Waals surface area contributed by atoms with Crippen molar-refractivity contribution in [3.8, 4) is 6.07 Å². The number of ether oxygens (including phenoxy) is 1. The quantitative estimate of drug-likeness (QED) is 0.132. The highest BCUT2D eigenvalue weighted by Gasteiger charge is 2.19. The minimum absolute atomic E-state index is 0.0283. The van der Waals surface area contributed by atoms with Gasteiger partial charge < -0.3 is 30.5 Å². The van der Waals surface area contributed by atoms with Crippen LogP contribution in [0.5, 0.6) is 0 Å². The fourth-order valence-corrected chi connectivity index (χ4v) is 5.28. The van der Waals surface area contributed by atoms with E-state index >= 15 is 0 Å². The van der Waals surface area contributed by atoms with Gasteiger partial charge in [-0.3, -0.25) is 0 Å². The summed E-state index contributed by atoms with van der Waals surface area (Å²) in [6.45, 7) is 5.83. The zero-order valence-corrected chi connectivity index (χ0v) is 24.6. The molecule has 4 N–H and O–H groups in total. The third-order valence-electron chi connectivity index (χ3n) is 6.34. The Kier molecular flexibility index (Phi) is 12.8. The molecule has 3 aromatic rings. The van der Waals surface area contributed by atoms with Crippen LogP contribution >= 0.6 is 0 Å². The van der Waals surface area contributed by atoms with E-state index < -0.39 is 9.84 Å². The summed E-state index contributed by atoms with van der Waals surface area (Å²) in [6.07, 6.45) is 0. The van der Waals surface area contributed by atoms with E-state index in [9.17, 15) is 13.7 Å². The molecule has 0 fully saturated rings. The number of hydrogen-bond acceptors (Lipinski definition) is 12. The minimum atomic E-state index is -3.52. The molecule has 13 heteroatoms. The SMILES string of the molecule is CCN(CCO)CCS(=O)(=O)c1ccc(/N=N/c2c(NCCOCCO)nc(Nc3ccccc3)c(C#N)c2C)cc1. The second-order valence-corrected chi connectivity index (χ2v) is 11.3. The van der Waals surface area contributed by atoms with E-state index in [2.05, 4.69) is 31.9 Å². The molecule has 3 rings (SSSR count). The number of aromatic nitrogens is 1. The van der Waals surface area contributed by atoms with Gasteiger partial charge in [-0.1, -0.05) is 25.1 Å². The molecule has 224 valence electrons. The summed E-state index contributed by atoms with van der Waals surface area (Å²) in [5.41, 5.74) is 2.40. The predicted molar refractivity (Wildman–Crippen MR) is 162 cm³/mol. The fraction of sp³-hybridized carbons (Fsp3) is 0.379. The molecule has 0 aliphatic rings. The van der Waals surface area contributed by atoms with Gasteiger partial charge in [0.2, 0.25) is 0 Å². The number of nitriles is 1. The van der Waals surface area contributed by atoms with Gasteiger partial charge in [0.05, 0.1) is 48.3 Å². The molecule has 0 saturated carbocycles. The van der Waals surface area contributed by atoms with Gasteiger partial charge >= 0.3 is 0 Å². The van der Waals surface area contributed by atoms with Crippen molar-refractivity contribution in [3.63, 3.8) is 0 Å². The number of benzene rings is 2. The van der Waals surface area contributed by atoms with Gasteiger partial charge in [-0.2, -0.15) is 10.4 Å². The van der Waals surface area contributed by atoms with Gasteiger partial charge in [-0.25, -0.2) is 13.4 Å². The second kappa shape index (κ2) is 16.5. The Labute approximate surface area is 246 Å². The monoisotopic (exact) mass is 595 g/mol. The molecule has 0 bridgehead atoms. The lowest BCUT2D eigenvalue weighted by atomic mass is 10.1. The number of azo groups is 1. The van der Waals surface area contributed by atoms with E-state index in [-0.39, 0.29) is 30.5 Å². The zero-order valence-electron chi connectivity index (χ0n) is 23.8. The Morgan fingerprint density at radius 3 is 2.38 bits per heavy atom. The van der Waals surface area contributed by atoms with Gasteiger partial charge in [0.15, 0.2) is 21.5 Å². The van der Waals surface area contributed by atoms with Gasteiger partial charge in [-0.05, 0) is 49.9 Å². The maximum atomic E-state index is 12.8. The van der Waals surface area contributed by atoms with E-state index in [4.69, 9.17) is 14.9 Å². The molecule has 0 atom stereocenters. The standard InChI is InChI=1S/C29H37N7O5S/c1-3-36(14-16-37)15-20-42(39,40)25-11-9-24(10-12-25)34-35-27-22(2)26(21-30)28(32-23-7-5-4-6-8-23)33-29(27)31-13-18-41-19-17-38/h4-12,37-38H,3,13-20H2,1-2H3,(H2,31,32,33)/b35-34+. The van der Waals surface area contributed by atoms with Crippen LogP contribution in [0, 0.1) is 18.3 Å². The van der Waals surface area contributed by atoms with Crippen LogP contribution in [0.25, 0.3) is 0 Å². The Morgan fingerprint density at radius 1 is 1.00 bits per heavy atom. The normalized spacial score (nSPS) is 11.6. The summed E-state index contributed by atoms with van der Waals surface area (Å²) < 4.78 is 31.0. The molecule has 0 radical (unpaired) electrons. The highest BCUT2D eigenvalue weighted by Crippen LogP contribution is 2.35. The predicted octanol–water partition coefficient (Wildman–Crippen LogP) is 3.93. The largest absolute Gasteiger partial charge is 0.395 e. The maximum Gasteiger partial charge on any atom is 0.179 e. The highest BCUT2D eigenvalue weighted by atomic mass is 32.2. The molecule has 0 aliphatic heterocycles. The van der Waals surface area contributed by atoms with Crippen molar-refractivity contribution in [1.82, 2.24) is 9.88 Å². The molecule has 1 heterocycles. The Morgan fingerprint density at radius 2 is 1.74 bits per heavy atom. The first-order chi connectivity index (χ1) is 20.3. The van der Waals surface area contributed by atoms with Crippen molar-refractivity contribution in [2.75, 3.05) is 69.0 Å². The minimum Gasteiger partial charge on any atom is -0.395 e. The Balaban J connectivity index is 1.86. The first-order valence-electron chi connectivity index (χ1n) is 13.6. The fourth-order valence-electron chi connectivity index (χ4n) is 4.00. The molecule has 0 spiro atoms. The Hall–Kier alpha value is -3.93. The third-order valence-corrected chi connectivity index (χ3v) is 8.05. The van der Waals surface area contributed by atoms with Gasteiger partial charge in [0.1, 0.15) is 11.8 Å². The first kappa shape index (κ1) is 32.6. The molecule has 0 saturated heterocycles. The number of para-hydroxylation sites is 1. The van der Waals surface area contributed by atoms with E-state index in [0.29, 0.717) is 66.9 Å². The molecular weight excluding hydrogens is 558 g/mol. The van der Waals surface area contributed by atoms with Crippen molar-refractivity contribution in [2.24, 2.45) is 10.2 Å². The number of likely N-dealkylation sites (N-methyl/N-ethyl adjacent to an activating group) is 1. The van der Waals surface area contributed by atoms with Gasteiger partial charge in [0.25, 0.3) is 0 Å². The van der Waals surface area contributed by atoms with Crippen LogP contribution in [0.1, 0.15) is 18.1 Å². The van der Waals surface area contributed by atoms with E-state index in [1.54, 1.807) is 19.1 Å². The summed E-state index contributed by atoms with van der Waals surface area (Å²) in [5, 5.41) is 43.1. The average molecular weight is 596 g/mol. The summed E-state index contributed by atoms with van der Waals surface area (Å²) in [4.78, 5) is 6.67. The Bertz CT molecular complexity index is 1460. The van der Waals surface area contributed by atoms with Crippen molar-refractivity contribution >= 4 is 38.5 Å². The summed E-state index contributed by atoms with van der Waals surface area (Å²) in [6, 6.07) is 17.7. The van der Waals surface area contributed by atoms with Crippen molar-refractivity contribution < 1.29 is 23.4 Å². The number of nitrogens with one attached hydrogen (secondary N) is 2. The number of nitrogens with zero attached hydrogens (tertiary/aromatic N) is 5. The average Bonchev–Trinajstić information content (AvgIpc) is 2.99. The number of rotatable bonds is 17. The number of sulfone groups is 1. The van der Waals surface area contributed by atoms with Gasteiger partial charge in [0, 0.05) is 30.9 Å². The van der Waals surface area contributed by atoms with Crippen LogP contribution in [-0.2, 0) is 14.6 Å². The lowest BCUT2D eigenvalue weighted by molar-refractivity contribution is 0.0992. The topological polar surface area (TPSA) is 173 Å². The summed E-state index contributed by atoms with van der Waals surface area (Å²) >= 11 is 0. The van der Waals surface area contributed by atoms with Crippen LogP contribution in [0.4, 0.5) is 28.7 Å². The number of anilines is 3. The van der Waals surface area contributed by atoms with Crippen LogP contribution in [-0.4, -0.2) is 86.9 Å². The number of aliphatic hydroxyl groups is 2. The lowest BCUT2D eigenvalue weighted by Crippen LogP contribution is -2.31. The highest BCUT2D eigenvalue weighted by molar-refractivity contribution is 7.91. The molecule has 0 unspecified atom stereocenters. The van der Waals surface area contributed by atoms with E-state index in [0.717, 1.165) is 5.69 Å². The van der Waals surface area contributed by atoms with E-state index in [1.807, 2.05) is 42.2 Å². The lowest BCUT2D eigenvalue weighted by Gasteiger charge is -2.18. The molecule has 0 amide bonds. The third kappa shape index (κ3) is 9.30. The van der Waals surface area contributed by atoms with Crippen molar-refractivity contribution in [3.05, 3.63) is 65.7 Å². The smallest absolute Gasteiger partial charge is 0.179 e. The van der Waals surface area contributed by atoms with Crippen molar-refractivity contribution in [1.29, 1.82) is 5.26 Å². The molecule has 2 aromatic carbocycles. The summed E-state index contributed by atoms with van der Waals surface area (Å²) in [7, 11) is -3.52. The number of pyridine rings is 1.